The Labute approximate surface area is 158 Å². The molecular formula is C21H25N3OS. The van der Waals surface area contributed by atoms with E-state index in [0.717, 1.165) is 40.6 Å². The Balaban J connectivity index is 1.19. The van der Waals surface area contributed by atoms with Gasteiger partial charge < -0.3 is 5.32 Å². The van der Waals surface area contributed by atoms with Crippen molar-refractivity contribution in [3.05, 3.63) is 35.6 Å². The summed E-state index contributed by atoms with van der Waals surface area (Å²) in [5.74, 6) is 2.90. The predicted octanol–water partition coefficient (Wildman–Crippen LogP) is 4.08. The van der Waals surface area contributed by atoms with Crippen molar-refractivity contribution in [3.8, 4) is 10.6 Å². The average molecular weight is 368 g/mol. The second kappa shape index (κ2) is 6.45. The molecule has 4 aliphatic rings. The number of nitrogens with one attached hydrogen (secondary N) is 1. The Bertz CT molecular complexity index is 765. The molecule has 4 bridgehead atoms. The van der Waals surface area contributed by atoms with Crippen molar-refractivity contribution < 1.29 is 4.79 Å². The predicted molar refractivity (Wildman–Crippen MR) is 103 cm³/mol. The van der Waals surface area contributed by atoms with Crippen LogP contribution in [-0.4, -0.2) is 22.4 Å². The second-order valence-corrected chi connectivity index (χ2v) is 9.61. The van der Waals surface area contributed by atoms with Crippen LogP contribution in [-0.2, 0) is 11.2 Å². The van der Waals surface area contributed by atoms with Crippen LogP contribution in [0.4, 0.5) is 0 Å². The first-order valence-electron chi connectivity index (χ1n) is 9.79. The van der Waals surface area contributed by atoms with Gasteiger partial charge in [0, 0.05) is 29.9 Å². The first-order chi connectivity index (χ1) is 12.7. The minimum atomic E-state index is 0.115. The summed E-state index contributed by atoms with van der Waals surface area (Å²) in [6.45, 7) is 0.870. The Morgan fingerprint density at radius 2 is 1.92 bits per heavy atom. The monoisotopic (exact) mass is 367 g/mol. The standard InChI is InChI=1S/C21H25N3OS/c25-19(7-18-12-26-20(24-18)17-2-1-3-22-11-17)23-13-21-8-14-4-15(9-21)6-16(5-14)10-21/h1-3,11-12,14-16H,4-10,13H2,(H,23,25). The normalized spacial score (nSPS) is 31.9. The Kier molecular flexibility index (Phi) is 4.07. The summed E-state index contributed by atoms with van der Waals surface area (Å²) < 4.78 is 0. The summed E-state index contributed by atoms with van der Waals surface area (Å²) in [5, 5.41) is 6.18. The molecule has 26 heavy (non-hydrogen) atoms. The molecule has 1 amide bonds. The van der Waals surface area contributed by atoms with Gasteiger partial charge in [-0.15, -0.1) is 11.3 Å². The third kappa shape index (κ3) is 3.18. The van der Waals surface area contributed by atoms with Crippen LogP contribution in [0.5, 0.6) is 0 Å². The molecule has 4 saturated carbocycles. The zero-order chi connectivity index (χ0) is 17.6. The maximum absolute atomic E-state index is 12.5. The van der Waals surface area contributed by atoms with Crippen molar-refractivity contribution in [1.29, 1.82) is 0 Å². The van der Waals surface area contributed by atoms with Gasteiger partial charge in [-0.1, -0.05) is 0 Å². The number of aromatic nitrogens is 2. The van der Waals surface area contributed by atoms with Crippen molar-refractivity contribution in [2.45, 2.75) is 44.9 Å². The SMILES string of the molecule is O=C(Cc1csc(-c2cccnc2)n1)NCC12CC3CC(CC(C3)C1)C2. The minimum absolute atomic E-state index is 0.115. The van der Waals surface area contributed by atoms with E-state index in [1.807, 2.05) is 23.7 Å². The molecule has 4 aliphatic carbocycles. The molecule has 6 rings (SSSR count). The van der Waals surface area contributed by atoms with Crippen molar-refractivity contribution >= 4 is 17.2 Å². The van der Waals surface area contributed by atoms with Gasteiger partial charge in [0.2, 0.25) is 5.91 Å². The highest BCUT2D eigenvalue weighted by Crippen LogP contribution is 2.59. The fourth-order valence-electron chi connectivity index (χ4n) is 6.03. The van der Waals surface area contributed by atoms with Crippen LogP contribution < -0.4 is 5.32 Å². The van der Waals surface area contributed by atoms with Crippen molar-refractivity contribution in [1.82, 2.24) is 15.3 Å². The summed E-state index contributed by atoms with van der Waals surface area (Å²) >= 11 is 1.58. The van der Waals surface area contributed by atoms with Crippen molar-refractivity contribution in [2.24, 2.45) is 23.2 Å². The lowest BCUT2D eigenvalue weighted by Crippen LogP contribution is -2.51. The van der Waals surface area contributed by atoms with E-state index in [0.29, 0.717) is 11.8 Å². The Hall–Kier alpha value is -1.75. The maximum atomic E-state index is 12.5. The lowest BCUT2D eigenvalue weighted by Gasteiger charge is -2.56. The molecule has 4 nitrogen and oxygen atoms in total. The summed E-state index contributed by atoms with van der Waals surface area (Å²) in [6.07, 6.45) is 12.3. The smallest absolute Gasteiger partial charge is 0.226 e. The number of thiazole rings is 1. The second-order valence-electron chi connectivity index (χ2n) is 8.76. The molecule has 0 aliphatic heterocycles. The van der Waals surface area contributed by atoms with E-state index in [1.165, 1.54) is 38.5 Å². The van der Waals surface area contributed by atoms with Gasteiger partial charge in [0.1, 0.15) is 5.01 Å². The number of carbonyl (C=O) groups excluding carboxylic acids is 1. The molecular weight excluding hydrogens is 342 g/mol. The maximum Gasteiger partial charge on any atom is 0.226 e. The van der Waals surface area contributed by atoms with Gasteiger partial charge in [-0.05, 0) is 73.8 Å². The molecule has 0 spiro atoms. The molecule has 4 fully saturated rings. The van der Waals surface area contributed by atoms with Crippen LogP contribution >= 0.6 is 11.3 Å². The number of nitrogens with zero attached hydrogens (tertiary/aromatic N) is 2. The number of hydrogen-bond acceptors (Lipinski definition) is 4. The molecule has 1 N–H and O–H groups in total. The average Bonchev–Trinajstić information content (AvgIpc) is 3.08. The lowest BCUT2D eigenvalue weighted by molar-refractivity contribution is -0.122. The molecule has 5 heteroatoms. The van der Waals surface area contributed by atoms with Gasteiger partial charge in [-0.3, -0.25) is 9.78 Å². The minimum Gasteiger partial charge on any atom is -0.355 e. The first-order valence-corrected chi connectivity index (χ1v) is 10.7. The van der Waals surface area contributed by atoms with Crippen LogP contribution in [0.15, 0.2) is 29.9 Å². The van der Waals surface area contributed by atoms with Gasteiger partial charge in [-0.25, -0.2) is 4.98 Å². The highest BCUT2D eigenvalue weighted by molar-refractivity contribution is 7.13. The van der Waals surface area contributed by atoms with Crippen molar-refractivity contribution in [3.63, 3.8) is 0 Å². The van der Waals surface area contributed by atoms with Gasteiger partial charge in [-0.2, -0.15) is 0 Å². The van der Waals surface area contributed by atoms with E-state index in [-0.39, 0.29) is 5.91 Å². The zero-order valence-electron chi connectivity index (χ0n) is 15.0. The summed E-state index contributed by atoms with van der Waals surface area (Å²) in [6, 6.07) is 3.91. The van der Waals surface area contributed by atoms with Crippen LogP contribution in [0, 0.1) is 23.2 Å². The van der Waals surface area contributed by atoms with Crippen LogP contribution in [0.25, 0.3) is 10.6 Å². The Morgan fingerprint density at radius 3 is 2.58 bits per heavy atom. The fourth-order valence-corrected chi connectivity index (χ4v) is 6.84. The summed E-state index contributed by atoms with van der Waals surface area (Å²) in [7, 11) is 0. The molecule has 0 aromatic carbocycles. The van der Waals surface area contributed by atoms with Crippen LogP contribution in [0.2, 0.25) is 0 Å². The molecule has 2 aromatic rings. The zero-order valence-corrected chi connectivity index (χ0v) is 15.8. The van der Waals surface area contributed by atoms with E-state index in [4.69, 9.17) is 0 Å². The third-order valence-electron chi connectivity index (χ3n) is 6.63. The van der Waals surface area contributed by atoms with E-state index >= 15 is 0 Å². The van der Waals surface area contributed by atoms with Crippen LogP contribution in [0.3, 0.4) is 0 Å². The van der Waals surface area contributed by atoms with Gasteiger partial charge >= 0.3 is 0 Å². The molecule has 136 valence electrons. The van der Waals surface area contributed by atoms with Crippen LogP contribution in [0.1, 0.15) is 44.2 Å². The Morgan fingerprint density at radius 1 is 1.19 bits per heavy atom. The molecule has 0 radical (unpaired) electrons. The van der Waals surface area contributed by atoms with Gasteiger partial charge in [0.25, 0.3) is 0 Å². The summed E-state index contributed by atoms with van der Waals surface area (Å²) in [5.41, 5.74) is 2.27. The highest BCUT2D eigenvalue weighted by Gasteiger charge is 2.50. The topological polar surface area (TPSA) is 54.9 Å². The molecule has 0 unspecified atom stereocenters. The van der Waals surface area contributed by atoms with E-state index in [9.17, 15) is 4.79 Å². The number of pyridine rings is 1. The molecule has 0 saturated heterocycles. The lowest BCUT2D eigenvalue weighted by atomic mass is 9.49. The summed E-state index contributed by atoms with van der Waals surface area (Å²) in [4.78, 5) is 21.2. The first kappa shape index (κ1) is 16.4. The number of amides is 1. The molecule has 0 atom stereocenters. The molecule has 2 aromatic heterocycles. The number of hydrogen-bond donors (Lipinski definition) is 1. The molecule has 2 heterocycles. The van der Waals surface area contributed by atoms with E-state index < -0.39 is 0 Å². The quantitative estimate of drug-likeness (QED) is 0.866. The van der Waals surface area contributed by atoms with E-state index in [1.54, 1.807) is 17.5 Å². The highest BCUT2D eigenvalue weighted by atomic mass is 32.1. The van der Waals surface area contributed by atoms with Crippen molar-refractivity contribution in [2.75, 3.05) is 6.54 Å². The third-order valence-corrected chi connectivity index (χ3v) is 7.57. The largest absolute Gasteiger partial charge is 0.355 e. The van der Waals surface area contributed by atoms with Gasteiger partial charge in [0.05, 0.1) is 12.1 Å². The number of rotatable bonds is 5. The number of carbonyl (C=O) groups is 1. The fraction of sp³-hybridized carbons (Fsp3) is 0.571. The van der Waals surface area contributed by atoms with E-state index in [2.05, 4.69) is 15.3 Å². The van der Waals surface area contributed by atoms with Gasteiger partial charge in [0.15, 0.2) is 0 Å².